The smallest absolute Gasteiger partial charge is 0.406 e. The van der Waals surface area contributed by atoms with Gasteiger partial charge in [-0.2, -0.15) is 0 Å². The second-order valence-electron chi connectivity index (χ2n) is 2.25. The van der Waals surface area contributed by atoms with Crippen LogP contribution in [0.4, 0.5) is 0 Å². The molecule has 1 aliphatic heterocycles. The van der Waals surface area contributed by atoms with E-state index in [-0.39, 0.29) is 19.3 Å². The average Bonchev–Trinajstić information content (AvgIpc) is 1.85. The van der Waals surface area contributed by atoms with Crippen LogP contribution >= 0.6 is 0 Å². The van der Waals surface area contributed by atoms with Gasteiger partial charge in [0.15, 0.2) is 0 Å². The van der Waals surface area contributed by atoms with Crippen LogP contribution in [-0.4, -0.2) is 19.3 Å². The van der Waals surface area contributed by atoms with Crippen molar-refractivity contribution < 1.29 is 9.31 Å². The van der Waals surface area contributed by atoms with Crippen LogP contribution in [0, 0.1) is 0 Å². The second-order valence-corrected chi connectivity index (χ2v) is 2.25. The second kappa shape index (κ2) is 2.07. The normalized spacial score (nSPS) is 38.6. The maximum Gasteiger partial charge on any atom is 0.454 e. The van der Waals surface area contributed by atoms with Crippen molar-refractivity contribution in [2.24, 2.45) is 0 Å². The van der Waals surface area contributed by atoms with E-state index in [0.717, 1.165) is 0 Å². The van der Waals surface area contributed by atoms with Gasteiger partial charge in [-0.15, -0.1) is 0 Å². The predicted molar refractivity (Wildman–Crippen MR) is 32.7 cm³/mol. The first kappa shape index (κ1) is 6.11. The zero-order valence-corrected chi connectivity index (χ0v) is 5.55. The third kappa shape index (κ3) is 1.04. The van der Waals surface area contributed by atoms with E-state index in [0.29, 0.717) is 0 Å². The van der Waals surface area contributed by atoms with Gasteiger partial charge in [0, 0.05) is 0 Å². The van der Waals surface area contributed by atoms with Crippen molar-refractivity contribution in [3.8, 4) is 0 Å². The molecule has 0 bridgehead atoms. The minimum Gasteiger partial charge on any atom is -0.406 e. The van der Waals surface area contributed by atoms with Crippen LogP contribution in [0.25, 0.3) is 0 Å². The summed E-state index contributed by atoms with van der Waals surface area (Å²) in [5, 5.41) is 0. The maximum atomic E-state index is 5.25. The quantitative estimate of drug-likeness (QED) is 0.436. The molecule has 1 rings (SSSR count). The molecule has 0 aliphatic carbocycles. The molecule has 1 heterocycles. The largest absolute Gasteiger partial charge is 0.454 e. The molecule has 0 aromatic rings. The average molecular weight is 114 g/mol. The van der Waals surface area contributed by atoms with Gasteiger partial charge in [0.25, 0.3) is 0 Å². The fourth-order valence-electron chi connectivity index (χ4n) is 0.858. The molecule has 0 saturated carbocycles. The van der Waals surface area contributed by atoms with E-state index in [4.69, 9.17) is 9.31 Å². The Morgan fingerprint density at radius 3 is 1.62 bits per heavy atom. The van der Waals surface area contributed by atoms with Crippen LogP contribution < -0.4 is 0 Å². The van der Waals surface area contributed by atoms with Gasteiger partial charge in [-0.25, -0.2) is 0 Å². The zero-order valence-electron chi connectivity index (χ0n) is 5.55. The van der Waals surface area contributed by atoms with Crippen LogP contribution in [0.15, 0.2) is 0 Å². The predicted octanol–water partition coefficient (Wildman–Crippen LogP) is 0.928. The molecule has 0 aromatic carbocycles. The fourth-order valence-corrected chi connectivity index (χ4v) is 0.858. The Hall–Kier alpha value is -0.0151. The summed E-state index contributed by atoms with van der Waals surface area (Å²) in [5.74, 6) is 0. The molecule has 0 unspecified atom stereocenters. The highest BCUT2D eigenvalue weighted by Crippen LogP contribution is 2.14. The van der Waals surface area contributed by atoms with Crippen LogP contribution in [-0.2, 0) is 9.31 Å². The lowest BCUT2D eigenvalue weighted by atomic mass is 9.97. The van der Waals surface area contributed by atoms with Crippen molar-refractivity contribution in [3.05, 3.63) is 0 Å². The van der Waals surface area contributed by atoms with Gasteiger partial charge in [0.05, 0.1) is 12.2 Å². The summed E-state index contributed by atoms with van der Waals surface area (Å²) >= 11 is 0. The van der Waals surface area contributed by atoms with E-state index in [1.165, 1.54) is 0 Å². The van der Waals surface area contributed by atoms with Crippen molar-refractivity contribution in [2.45, 2.75) is 32.9 Å². The molecule has 2 nitrogen and oxygen atoms in total. The van der Waals surface area contributed by atoms with Crippen molar-refractivity contribution >= 4 is 7.12 Å². The Labute approximate surface area is 50.3 Å². The van der Waals surface area contributed by atoms with Crippen LogP contribution in [0.3, 0.4) is 0 Å². The molecule has 3 heteroatoms. The summed E-state index contributed by atoms with van der Waals surface area (Å²) < 4.78 is 10.5. The molecule has 1 saturated heterocycles. The Bertz CT molecular complexity index is 76.5. The topological polar surface area (TPSA) is 18.5 Å². The highest BCUT2D eigenvalue weighted by molar-refractivity contribution is 6.43. The third-order valence-electron chi connectivity index (χ3n) is 1.47. The number of hydrogen-bond donors (Lipinski definition) is 0. The minimum atomic E-state index is -0.000000000000000222. The van der Waals surface area contributed by atoms with Gasteiger partial charge >= 0.3 is 7.12 Å². The monoisotopic (exact) mass is 114 g/mol. The summed E-state index contributed by atoms with van der Waals surface area (Å²) in [6.07, 6.45) is 0.537. The molecule has 0 aromatic heterocycles. The minimum absolute atomic E-state index is 0.000000000000000222. The number of hydrogen-bond acceptors (Lipinski definition) is 2. The lowest BCUT2D eigenvalue weighted by molar-refractivity contribution is 0.187. The summed E-state index contributed by atoms with van der Waals surface area (Å²) in [4.78, 5) is 0. The highest BCUT2D eigenvalue weighted by atomic mass is 16.6. The Morgan fingerprint density at radius 2 is 1.50 bits per heavy atom. The maximum absolute atomic E-state index is 5.25. The molecule has 8 heavy (non-hydrogen) atoms. The molecule has 2 atom stereocenters. The van der Waals surface area contributed by atoms with E-state index in [2.05, 4.69) is 0 Å². The SMILES string of the molecule is CB1O[C@@H](C)[C@H](C)O1. The first-order valence-corrected chi connectivity index (χ1v) is 3.01. The Balaban J connectivity index is 2.39. The Kier molecular flexibility index (Phi) is 1.58. The van der Waals surface area contributed by atoms with Crippen molar-refractivity contribution in [2.75, 3.05) is 0 Å². The van der Waals surface area contributed by atoms with E-state index >= 15 is 0 Å². The summed E-state index contributed by atoms with van der Waals surface area (Å²) in [6.45, 7) is 5.96. The van der Waals surface area contributed by atoms with E-state index < -0.39 is 0 Å². The molecular formula is C5H11BO2. The summed E-state index contributed by atoms with van der Waals surface area (Å²) in [7, 11) is -0.000000000000000222. The van der Waals surface area contributed by atoms with E-state index in [1.807, 2.05) is 20.7 Å². The van der Waals surface area contributed by atoms with Crippen molar-refractivity contribution in [1.29, 1.82) is 0 Å². The fraction of sp³-hybridized carbons (Fsp3) is 1.00. The van der Waals surface area contributed by atoms with Crippen LogP contribution in [0.5, 0.6) is 0 Å². The molecule has 1 aliphatic rings. The van der Waals surface area contributed by atoms with Gasteiger partial charge in [0.1, 0.15) is 0 Å². The molecule has 0 amide bonds. The van der Waals surface area contributed by atoms with Crippen molar-refractivity contribution in [3.63, 3.8) is 0 Å². The molecular weight excluding hydrogens is 103 g/mol. The summed E-state index contributed by atoms with van der Waals surface area (Å²) in [6, 6.07) is 0. The Morgan fingerprint density at radius 1 is 1.12 bits per heavy atom. The first-order chi connectivity index (χ1) is 3.70. The van der Waals surface area contributed by atoms with Crippen LogP contribution in [0.2, 0.25) is 6.82 Å². The van der Waals surface area contributed by atoms with Crippen molar-refractivity contribution in [1.82, 2.24) is 0 Å². The number of rotatable bonds is 0. The molecule has 1 fully saturated rings. The van der Waals surface area contributed by atoms with Gasteiger partial charge in [0.2, 0.25) is 0 Å². The lowest BCUT2D eigenvalue weighted by Gasteiger charge is -2.04. The molecule has 0 spiro atoms. The van der Waals surface area contributed by atoms with Crippen LogP contribution in [0.1, 0.15) is 13.8 Å². The molecule has 0 N–H and O–H groups in total. The first-order valence-electron chi connectivity index (χ1n) is 3.01. The van der Waals surface area contributed by atoms with Gasteiger partial charge < -0.3 is 9.31 Å². The molecule has 0 radical (unpaired) electrons. The summed E-state index contributed by atoms with van der Waals surface area (Å²) in [5.41, 5.74) is 0. The van der Waals surface area contributed by atoms with Gasteiger partial charge in [-0.1, -0.05) is 0 Å². The third-order valence-corrected chi connectivity index (χ3v) is 1.47. The molecule has 46 valence electrons. The highest BCUT2D eigenvalue weighted by Gasteiger charge is 2.29. The van der Waals surface area contributed by atoms with E-state index in [9.17, 15) is 0 Å². The lowest BCUT2D eigenvalue weighted by Crippen LogP contribution is -2.13. The van der Waals surface area contributed by atoms with Gasteiger partial charge in [-0.3, -0.25) is 0 Å². The zero-order chi connectivity index (χ0) is 6.15. The standard InChI is InChI=1S/C5H11BO2/c1-4-5(2)8-6(3)7-4/h4-5H,1-3H3/t4-,5-/m0/s1. The van der Waals surface area contributed by atoms with E-state index in [1.54, 1.807) is 0 Å². The van der Waals surface area contributed by atoms with Gasteiger partial charge in [-0.05, 0) is 20.7 Å².